The Morgan fingerprint density at radius 2 is 1.69 bits per heavy atom. The van der Waals surface area contributed by atoms with Crippen LogP contribution in [0.1, 0.15) is 34.2 Å². The Labute approximate surface area is 188 Å². The van der Waals surface area contributed by atoms with Crippen molar-refractivity contribution in [2.75, 3.05) is 11.4 Å². The predicted molar refractivity (Wildman–Crippen MR) is 125 cm³/mol. The quantitative estimate of drug-likeness (QED) is 0.583. The molecule has 0 radical (unpaired) electrons. The van der Waals surface area contributed by atoms with Gasteiger partial charge in [-0.25, -0.2) is 0 Å². The van der Waals surface area contributed by atoms with Gasteiger partial charge >= 0.3 is 0 Å². The fourth-order valence-electron chi connectivity index (χ4n) is 4.55. The smallest absolute Gasteiger partial charge is 0.278 e. The van der Waals surface area contributed by atoms with E-state index in [1.807, 2.05) is 62.4 Å². The monoisotopic (exact) mass is 423 g/mol. The first-order chi connectivity index (χ1) is 15.5. The number of hydrogen-bond acceptors (Lipinski definition) is 4. The van der Waals surface area contributed by atoms with Crippen molar-refractivity contribution in [2.45, 2.75) is 33.2 Å². The maximum absolute atomic E-state index is 13.8. The summed E-state index contributed by atoms with van der Waals surface area (Å²) in [5, 5.41) is 0. The molecule has 0 aliphatic carbocycles. The molecule has 2 amide bonds. The van der Waals surface area contributed by atoms with Crippen molar-refractivity contribution >= 4 is 23.1 Å². The van der Waals surface area contributed by atoms with E-state index in [0.717, 1.165) is 40.8 Å². The Morgan fingerprint density at radius 1 is 0.906 bits per heavy atom. The number of fused-ring (bicyclic) bond motifs is 1. The van der Waals surface area contributed by atoms with Crippen LogP contribution in [0.15, 0.2) is 72.7 Å². The van der Waals surface area contributed by atoms with Crippen LogP contribution >= 0.6 is 0 Å². The normalized spacial score (nSPS) is 16.1. The van der Waals surface area contributed by atoms with Crippen molar-refractivity contribution in [1.82, 2.24) is 9.88 Å². The van der Waals surface area contributed by atoms with Gasteiger partial charge in [0, 0.05) is 24.6 Å². The Kier molecular flexibility index (Phi) is 5.10. The van der Waals surface area contributed by atoms with Crippen LogP contribution in [0.4, 0.5) is 5.69 Å². The Morgan fingerprint density at radius 3 is 2.47 bits per heavy atom. The lowest BCUT2D eigenvalue weighted by Gasteiger charge is -2.32. The molecule has 3 heterocycles. The number of carbonyl (C=O) groups excluding carboxylic acids is 2. The van der Waals surface area contributed by atoms with E-state index in [4.69, 9.17) is 0 Å². The average molecular weight is 424 g/mol. The van der Waals surface area contributed by atoms with Gasteiger partial charge in [0.15, 0.2) is 0 Å². The summed E-state index contributed by atoms with van der Waals surface area (Å²) in [7, 11) is 0. The number of nitrogens with zero attached hydrogens (tertiary/aromatic N) is 3. The summed E-state index contributed by atoms with van der Waals surface area (Å²) >= 11 is 0. The molecular formula is C27H25N3O2. The van der Waals surface area contributed by atoms with E-state index in [1.54, 1.807) is 12.4 Å². The largest absolute Gasteiger partial charge is 0.336 e. The van der Waals surface area contributed by atoms with Crippen LogP contribution in [0.3, 0.4) is 0 Å². The number of carbonyl (C=O) groups is 2. The second-order valence-electron chi connectivity index (χ2n) is 8.46. The summed E-state index contributed by atoms with van der Waals surface area (Å²) in [4.78, 5) is 34.9. The van der Waals surface area contributed by atoms with E-state index in [1.165, 1.54) is 10.5 Å². The number of anilines is 1. The molecule has 0 saturated heterocycles. The predicted octanol–water partition coefficient (Wildman–Crippen LogP) is 4.43. The highest BCUT2D eigenvalue weighted by molar-refractivity contribution is 6.36. The van der Waals surface area contributed by atoms with Crippen LogP contribution in [-0.2, 0) is 22.6 Å². The van der Waals surface area contributed by atoms with Crippen LogP contribution in [0.5, 0.6) is 0 Å². The first-order valence-corrected chi connectivity index (χ1v) is 11.0. The molecule has 0 saturated carbocycles. The molecule has 0 atom stereocenters. The van der Waals surface area contributed by atoms with Gasteiger partial charge in [-0.3, -0.25) is 19.5 Å². The van der Waals surface area contributed by atoms with Gasteiger partial charge in [-0.1, -0.05) is 36.4 Å². The summed E-state index contributed by atoms with van der Waals surface area (Å²) in [5.74, 6) is -0.482. The van der Waals surface area contributed by atoms with E-state index in [9.17, 15) is 9.59 Å². The molecule has 2 aromatic carbocycles. The molecule has 5 rings (SSSR count). The van der Waals surface area contributed by atoms with Gasteiger partial charge in [-0.2, -0.15) is 0 Å². The lowest BCUT2D eigenvalue weighted by Crippen LogP contribution is -2.36. The minimum Gasteiger partial charge on any atom is -0.336 e. The third-order valence-electron chi connectivity index (χ3n) is 6.41. The van der Waals surface area contributed by atoms with Crippen LogP contribution in [-0.4, -0.2) is 28.2 Å². The molecule has 0 spiro atoms. The van der Waals surface area contributed by atoms with E-state index >= 15 is 0 Å². The number of imide groups is 1. The fraction of sp³-hybridized carbons (Fsp3) is 0.222. The zero-order valence-corrected chi connectivity index (χ0v) is 18.3. The first-order valence-electron chi connectivity index (χ1n) is 11.0. The lowest BCUT2D eigenvalue weighted by atomic mass is 9.97. The minimum atomic E-state index is -0.242. The first kappa shape index (κ1) is 20.2. The van der Waals surface area contributed by atoms with Gasteiger partial charge in [0.05, 0.1) is 12.1 Å². The molecule has 2 aliphatic rings. The van der Waals surface area contributed by atoms with Crippen LogP contribution in [0.2, 0.25) is 0 Å². The molecule has 3 aromatic rings. The molecule has 5 nitrogen and oxygen atoms in total. The maximum atomic E-state index is 13.8. The van der Waals surface area contributed by atoms with Crippen LogP contribution < -0.4 is 4.90 Å². The van der Waals surface area contributed by atoms with Crippen molar-refractivity contribution in [3.63, 3.8) is 0 Å². The molecule has 32 heavy (non-hydrogen) atoms. The number of amides is 2. The van der Waals surface area contributed by atoms with Gasteiger partial charge in [0.25, 0.3) is 11.8 Å². The standard InChI is InChI=1S/C27H25N3O2/c1-18-9-10-22(16-19(18)2)24-25(29-15-5-7-21-6-3-4-8-23(21)29)27(32)30(26(24)31)17-20-11-13-28-14-12-20/h3-4,6,8-14,16H,5,7,15,17H2,1-2H3. The van der Waals surface area contributed by atoms with Gasteiger partial charge in [-0.05, 0) is 72.7 Å². The topological polar surface area (TPSA) is 53.5 Å². The second-order valence-corrected chi connectivity index (χ2v) is 8.46. The number of benzene rings is 2. The molecule has 5 heteroatoms. The molecule has 2 aliphatic heterocycles. The van der Waals surface area contributed by atoms with Crippen molar-refractivity contribution < 1.29 is 9.59 Å². The van der Waals surface area contributed by atoms with Crippen molar-refractivity contribution in [3.8, 4) is 0 Å². The number of para-hydroxylation sites is 1. The highest BCUT2D eigenvalue weighted by Crippen LogP contribution is 2.38. The number of aromatic nitrogens is 1. The second kappa shape index (κ2) is 8.08. The van der Waals surface area contributed by atoms with Crippen molar-refractivity contribution in [1.29, 1.82) is 0 Å². The summed E-state index contributed by atoms with van der Waals surface area (Å²) in [6, 6.07) is 17.8. The van der Waals surface area contributed by atoms with E-state index in [0.29, 0.717) is 17.8 Å². The average Bonchev–Trinajstić information content (AvgIpc) is 3.06. The summed E-state index contributed by atoms with van der Waals surface area (Å²) in [6.45, 7) is 5.02. The number of rotatable bonds is 4. The molecule has 0 fully saturated rings. The van der Waals surface area contributed by atoms with Crippen LogP contribution in [0.25, 0.3) is 5.57 Å². The third-order valence-corrected chi connectivity index (χ3v) is 6.41. The van der Waals surface area contributed by atoms with Crippen molar-refractivity contribution in [2.24, 2.45) is 0 Å². The highest BCUT2D eigenvalue weighted by Gasteiger charge is 2.42. The maximum Gasteiger partial charge on any atom is 0.278 e. The SMILES string of the molecule is Cc1ccc(C2=C(N3CCCc4ccccc43)C(=O)N(Cc3ccncc3)C2=O)cc1C. The van der Waals surface area contributed by atoms with Crippen molar-refractivity contribution in [3.05, 3.63) is 101 Å². The molecule has 1 aromatic heterocycles. The Bertz CT molecular complexity index is 1250. The summed E-state index contributed by atoms with van der Waals surface area (Å²) in [6.07, 6.45) is 5.27. The van der Waals surface area contributed by atoms with Gasteiger partial charge in [0.2, 0.25) is 0 Å². The molecular weight excluding hydrogens is 398 g/mol. The third kappa shape index (κ3) is 3.40. The molecule has 160 valence electrons. The lowest BCUT2D eigenvalue weighted by molar-refractivity contribution is -0.137. The van der Waals surface area contributed by atoms with E-state index < -0.39 is 0 Å². The number of hydrogen-bond donors (Lipinski definition) is 0. The fourth-order valence-corrected chi connectivity index (χ4v) is 4.55. The molecule has 0 N–H and O–H groups in total. The summed E-state index contributed by atoms with van der Waals surface area (Å²) in [5.41, 5.74) is 7.12. The van der Waals surface area contributed by atoms with E-state index in [-0.39, 0.29) is 18.4 Å². The zero-order valence-electron chi connectivity index (χ0n) is 18.3. The Hall–Kier alpha value is -3.73. The zero-order chi connectivity index (χ0) is 22.2. The number of aryl methyl sites for hydroxylation is 3. The minimum absolute atomic E-state index is 0.230. The molecule has 0 bridgehead atoms. The Balaban J connectivity index is 1.65. The van der Waals surface area contributed by atoms with Gasteiger partial charge in [-0.15, -0.1) is 0 Å². The van der Waals surface area contributed by atoms with Gasteiger partial charge in [0.1, 0.15) is 5.70 Å². The van der Waals surface area contributed by atoms with Gasteiger partial charge < -0.3 is 4.90 Å². The highest BCUT2D eigenvalue weighted by atomic mass is 16.2. The summed E-state index contributed by atoms with van der Waals surface area (Å²) < 4.78 is 0. The van der Waals surface area contributed by atoms with Crippen LogP contribution in [0, 0.1) is 13.8 Å². The number of pyridine rings is 1. The molecule has 0 unspecified atom stereocenters. The van der Waals surface area contributed by atoms with E-state index in [2.05, 4.69) is 16.0 Å².